The summed E-state index contributed by atoms with van der Waals surface area (Å²) in [5.41, 5.74) is 8.02. The van der Waals surface area contributed by atoms with E-state index < -0.39 is 17.8 Å². The molecule has 1 atom stereocenters. The van der Waals surface area contributed by atoms with Gasteiger partial charge in [-0.15, -0.1) is 0 Å². The van der Waals surface area contributed by atoms with Crippen LogP contribution in [-0.2, 0) is 4.79 Å². The van der Waals surface area contributed by atoms with Crippen molar-refractivity contribution in [2.45, 2.75) is 6.04 Å². The highest BCUT2D eigenvalue weighted by Gasteiger charge is 2.23. The molecule has 0 radical (unpaired) electrons. The van der Waals surface area contributed by atoms with Gasteiger partial charge in [0.2, 0.25) is 0 Å². The maximum atomic E-state index is 13.7. The van der Waals surface area contributed by atoms with Crippen LogP contribution in [0.15, 0.2) is 23.3 Å². The Kier molecular flexibility index (Phi) is 5.38. The lowest BCUT2D eigenvalue weighted by Gasteiger charge is -2.15. The number of aliphatic carboxylic acids is 1. The molecular formula is C10H10ClFN4O2. The zero-order chi connectivity index (χ0) is 13.5. The van der Waals surface area contributed by atoms with Crippen LogP contribution in [0.4, 0.5) is 4.39 Å². The van der Waals surface area contributed by atoms with Crippen molar-refractivity contribution in [1.82, 2.24) is 5.32 Å². The summed E-state index contributed by atoms with van der Waals surface area (Å²) in [5, 5.41) is 14.7. The molecule has 0 aliphatic rings. The van der Waals surface area contributed by atoms with E-state index in [9.17, 15) is 9.18 Å². The third-order valence-corrected chi connectivity index (χ3v) is 2.45. The highest BCUT2D eigenvalue weighted by Crippen LogP contribution is 2.23. The Balaban J connectivity index is 2.87. The van der Waals surface area contributed by atoms with Crippen LogP contribution in [0.25, 0.3) is 10.4 Å². The normalized spacial score (nSPS) is 11.7. The standard InChI is InChI=1S/C10H10ClFN4O2/c11-7-3-1-2-6(8(7)12)9(10(17)18)14-4-5-15-16-13/h1-3,9,14H,4-5H2,(H,17,18). The molecule has 1 unspecified atom stereocenters. The van der Waals surface area contributed by atoms with E-state index in [1.165, 1.54) is 18.2 Å². The van der Waals surface area contributed by atoms with Crippen LogP contribution in [0, 0.1) is 5.82 Å². The number of carboxylic acid groups (broad SMARTS) is 1. The topological polar surface area (TPSA) is 98.1 Å². The van der Waals surface area contributed by atoms with Crippen molar-refractivity contribution in [3.63, 3.8) is 0 Å². The van der Waals surface area contributed by atoms with Crippen LogP contribution in [0.3, 0.4) is 0 Å². The van der Waals surface area contributed by atoms with Gasteiger partial charge < -0.3 is 10.4 Å². The molecule has 0 saturated heterocycles. The van der Waals surface area contributed by atoms with Gasteiger partial charge in [0.25, 0.3) is 0 Å². The largest absolute Gasteiger partial charge is 0.480 e. The van der Waals surface area contributed by atoms with Gasteiger partial charge in [-0.3, -0.25) is 4.79 Å². The number of carboxylic acids is 1. The summed E-state index contributed by atoms with van der Waals surface area (Å²) < 4.78 is 13.7. The minimum Gasteiger partial charge on any atom is -0.480 e. The van der Waals surface area contributed by atoms with E-state index in [-0.39, 0.29) is 23.7 Å². The molecule has 0 spiro atoms. The van der Waals surface area contributed by atoms with Crippen LogP contribution in [0.5, 0.6) is 0 Å². The summed E-state index contributed by atoms with van der Waals surface area (Å²) in [6, 6.07) is 2.89. The van der Waals surface area contributed by atoms with Gasteiger partial charge >= 0.3 is 5.97 Å². The van der Waals surface area contributed by atoms with E-state index >= 15 is 0 Å². The Bertz CT molecular complexity index is 491. The second-order valence-electron chi connectivity index (χ2n) is 3.32. The first-order valence-electron chi connectivity index (χ1n) is 4.99. The summed E-state index contributed by atoms with van der Waals surface area (Å²) in [6.07, 6.45) is 0. The van der Waals surface area contributed by atoms with Gasteiger partial charge in [0.05, 0.1) is 5.02 Å². The van der Waals surface area contributed by atoms with Gasteiger partial charge in [0, 0.05) is 23.6 Å². The zero-order valence-corrected chi connectivity index (χ0v) is 9.93. The molecule has 1 aromatic rings. The molecule has 96 valence electrons. The molecule has 0 fully saturated rings. The highest BCUT2D eigenvalue weighted by atomic mass is 35.5. The lowest BCUT2D eigenvalue weighted by Crippen LogP contribution is -2.31. The molecule has 0 heterocycles. The lowest BCUT2D eigenvalue weighted by molar-refractivity contribution is -0.139. The maximum Gasteiger partial charge on any atom is 0.325 e. The van der Waals surface area contributed by atoms with E-state index in [0.29, 0.717) is 0 Å². The molecular weight excluding hydrogens is 263 g/mol. The fourth-order valence-electron chi connectivity index (χ4n) is 1.38. The van der Waals surface area contributed by atoms with Gasteiger partial charge in [0.15, 0.2) is 0 Å². The number of carbonyl (C=O) groups is 1. The van der Waals surface area contributed by atoms with Crippen molar-refractivity contribution in [2.24, 2.45) is 5.11 Å². The molecule has 6 nitrogen and oxygen atoms in total. The molecule has 1 aromatic carbocycles. The van der Waals surface area contributed by atoms with E-state index in [4.69, 9.17) is 22.2 Å². The van der Waals surface area contributed by atoms with Gasteiger partial charge in [-0.05, 0) is 11.6 Å². The number of nitrogens with one attached hydrogen (secondary N) is 1. The van der Waals surface area contributed by atoms with Crippen molar-refractivity contribution in [2.75, 3.05) is 13.1 Å². The Morgan fingerprint density at radius 1 is 1.67 bits per heavy atom. The van der Waals surface area contributed by atoms with E-state index in [1.807, 2.05) is 0 Å². The predicted octanol–water partition coefficient (Wildman–Crippen LogP) is 2.50. The van der Waals surface area contributed by atoms with Crippen LogP contribution in [-0.4, -0.2) is 24.2 Å². The quantitative estimate of drug-likeness (QED) is 0.360. The fraction of sp³-hybridized carbons (Fsp3) is 0.300. The summed E-state index contributed by atoms with van der Waals surface area (Å²) >= 11 is 5.58. The van der Waals surface area contributed by atoms with Crippen molar-refractivity contribution in [3.8, 4) is 0 Å². The summed E-state index contributed by atoms with van der Waals surface area (Å²) in [7, 11) is 0. The molecule has 2 N–H and O–H groups in total. The van der Waals surface area contributed by atoms with E-state index in [2.05, 4.69) is 15.3 Å². The Morgan fingerprint density at radius 3 is 3.00 bits per heavy atom. The number of benzene rings is 1. The third-order valence-electron chi connectivity index (χ3n) is 2.16. The number of rotatable bonds is 6. The summed E-state index contributed by atoms with van der Waals surface area (Å²) in [6.45, 7) is 0.190. The monoisotopic (exact) mass is 272 g/mol. The third kappa shape index (κ3) is 3.59. The van der Waals surface area contributed by atoms with Crippen LogP contribution in [0.1, 0.15) is 11.6 Å². The minimum absolute atomic E-state index is 0.0593. The first-order valence-corrected chi connectivity index (χ1v) is 5.36. The minimum atomic E-state index is -1.24. The average Bonchev–Trinajstić information content (AvgIpc) is 2.33. The maximum absolute atomic E-state index is 13.7. The molecule has 0 aromatic heterocycles. The van der Waals surface area contributed by atoms with Crippen molar-refractivity contribution in [3.05, 3.63) is 45.0 Å². The smallest absolute Gasteiger partial charge is 0.325 e. The second-order valence-corrected chi connectivity index (χ2v) is 3.73. The average molecular weight is 273 g/mol. The highest BCUT2D eigenvalue weighted by molar-refractivity contribution is 6.30. The molecule has 0 amide bonds. The Hall–Kier alpha value is -1.82. The van der Waals surface area contributed by atoms with Gasteiger partial charge in [-0.2, -0.15) is 0 Å². The molecule has 0 saturated carbocycles. The molecule has 0 aliphatic carbocycles. The number of azide groups is 1. The number of hydrogen-bond acceptors (Lipinski definition) is 3. The zero-order valence-electron chi connectivity index (χ0n) is 9.18. The molecule has 0 bridgehead atoms. The molecule has 18 heavy (non-hydrogen) atoms. The second kappa shape index (κ2) is 6.80. The Morgan fingerprint density at radius 2 is 2.39 bits per heavy atom. The SMILES string of the molecule is [N-]=[N+]=NCCNC(C(=O)O)c1cccc(Cl)c1F. The number of hydrogen-bond donors (Lipinski definition) is 2. The van der Waals surface area contributed by atoms with E-state index in [1.54, 1.807) is 0 Å². The first kappa shape index (κ1) is 14.2. The van der Waals surface area contributed by atoms with Crippen LogP contribution >= 0.6 is 11.6 Å². The molecule has 0 aliphatic heterocycles. The van der Waals surface area contributed by atoms with Crippen LogP contribution in [0.2, 0.25) is 5.02 Å². The van der Waals surface area contributed by atoms with Crippen LogP contribution < -0.4 is 5.32 Å². The number of halogens is 2. The lowest BCUT2D eigenvalue weighted by atomic mass is 10.1. The van der Waals surface area contributed by atoms with E-state index in [0.717, 1.165) is 0 Å². The predicted molar refractivity (Wildman–Crippen MR) is 63.8 cm³/mol. The fourth-order valence-corrected chi connectivity index (χ4v) is 1.56. The summed E-state index contributed by atoms with van der Waals surface area (Å²) in [5.74, 6) is -2.01. The van der Waals surface area contributed by atoms with Crippen molar-refractivity contribution < 1.29 is 14.3 Å². The van der Waals surface area contributed by atoms with Crippen molar-refractivity contribution >= 4 is 17.6 Å². The van der Waals surface area contributed by atoms with Gasteiger partial charge in [-0.25, -0.2) is 4.39 Å². The summed E-state index contributed by atoms with van der Waals surface area (Å²) in [4.78, 5) is 13.6. The number of nitrogens with zero attached hydrogens (tertiary/aromatic N) is 3. The first-order chi connectivity index (χ1) is 8.57. The van der Waals surface area contributed by atoms with Crippen molar-refractivity contribution in [1.29, 1.82) is 0 Å². The van der Waals surface area contributed by atoms with Gasteiger partial charge in [-0.1, -0.05) is 28.8 Å². The Labute approximate surface area is 107 Å². The van der Waals surface area contributed by atoms with Gasteiger partial charge in [0.1, 0.15) is 11.9 Å². The molecule has 8 heteroatoms. The molecule has 1 rings (SSSR count).